The minimum atomic E-state index is -3.67. The number of aromatic amines is 1. The number of aromatic nitrogens is 1. The zero-order valence-corrected chi connectivity index (χ0v) is 19.7. The number of aryl methyl sites for hydroxylation is 3. The summed E-state index contributed by atoms with van der Waals surface area (Å²) in [5.41, 5.74) is 7.93. The van der Waals surface area contributed by atoms with Crippen molar-refractivity contribution in [1.29, 1.82) is 0 Å². The SMILES string of the molecule is Cc1ccc(C2c3[nH]c4ccccc4c3CCN2S(=O)(=O)c2ccc3c(c2)CCCC3)cc1. The summed E-state index contributed by atoms with van der Waals surface area (Å²) in [6.45, 7) is 2.52. The summed E-state index contributed by atoms with van der Waals surface area (Å²) in [6.07, 6.45) is 5.02. The molecule has 0 saturated heterocycles. The van der Waals surface area contributed by atoms with Crippen LogP contribution in [0.5, 0.6) is 0 Å². The van der Waals surface area contributed by atoms with Gasteiger partial charge in [0, 0.05) is 23.1 Å². The smallest absolute Gasteiger partial charge is 0.244 e. The zero-order chi connectivity index (χ0) is 22.6. The third-order valence-corrected chi connectivity index (χ3v) is 9.17. The van der Waals surface area contributed by atoms with Gasteiger partial charge < -0.3 is 4.98 Å². The van der Waals surface area contributed by atoms with Crippen molar-refractivity contribution < 1.29 is 8.42 Å². The van der Waals surface area contributed by atoms with Crippen LogP contribution in [0.2, 0.25) is 0 Å². The van der Waals surface area contributed by atoms with Gasteiger partial charge in [-0.3, -0.25) is 0 Å². The molecule has 1 atom stereocenters. The maximum Gasteiger partial charge on any atom is 0.244 e. The van der Waals surface area contributed by atoms with Crippen molar-refractivity contribution in [2.75, 3.05) is 6.54 Å². The number of para-hydroxylation sites is 1. The predicted octanol–water partition coefficient (Wildman–Crippen LogP) is 5.69. The van der Waals surface area contributed by atoms with E-state index in [1.54, 1.807) is 4.31 Å². The number of hydrogen-bond acceptors (Lipinski definition) is 2. The fourth-order valence-electron chi connectivity index (χ4n) is 5.56. The predicted molar refractivity (Wildman–Crippen MR) is 132 cm³/mol. The lowest BCUT2D eigenvalue weighted by atomic mass is 9.92. The van der Waals surface area contributed by atoms with Crippen LogP contribution in [-0.2, 0) is 29.3 Å². The number of benzene rings is 3. The van der Waals surface area contributed by atoms with Crippen LogP contribution >= 0.6 is 0 Å². The van der Waals surface area contributed by atoms with Crippen LogP contribution in [0, 0.1) is 6.92 Å². The van der Waals surface area contributed by atoms with Gasteiger partial charge in [-0.15, -0.1) is 0 Å². The molecule has 4 nitrogen and oxygen atoms in total. The van der Waals surface area contributed by atoms with E-state index in [1.807, 2.05) is 30.3 Å². The van der Waals surface area contributed by atoms with Crippen LogP contribution in [0.3, 0.4) is 0 Å². The standard InChI is InChI=1S/C28H28N2O2S/c1-19-10-12-21(13-11-19)28-27-25(24-8-4-5-9-26(24)29-27)16-17-30(28)33(31,32)23-15-14-20-6-2-3-7-22(20)18-23/h4-5,8-15,18,28-29H,2-3,6-7,16-17H2,1H3. The maximum atomic E-state index is 14.1. The molecule has 0 saturated carbocycles. The number of nitrogens with zero attached hydrogens (tertiary/aromatic N) is 1. The number of hydrogen-bond donors (Lipinski definition) is 1. The molecule has 33 heavy (non-hydrogen) atoms. The molecule has 168 valence electrons. The second-order valence-electron chi connectivity index (χ2n) is 9.38. The van der Waals surface area contributed by atoms with E-state index in [-0.39, 0.29) is 6.04 Å². The van der Waals surface area contributed by atoms with Crippen molar-refractivity contribution in [3.05, 3.63) is 100 Å². The molecule has 0 fully saturated rings. The van der Waals surface area contributed by atoms with Gasteiger partial charge in [-0.2, -0.15) is 4.31 Å². The van der Waals surface area contributed by atoms with Gasteiger partial charge in [0.25, 0.3) is 0 Å². The Bertz CT molecular complexity index is 1450. The lowest BCUT2D eigenvalue weighted by molar-refractivity contribution is 0.340. The number of sulfonamides is 1. The Morgan fingerprint density at radius 1 is 0.879 bits per heavy atom. The summed E-state index contributed by atoms with van der Waals surface area (Å²) in [6, 6.07) is 21.9. The monoisotopic (exact) mass is 456 g/mol. The fraction of sp³-hybridized carbons (Fsp3) is 0.286. The first kappa shape index (κ1) is 20.7. The molecule has 1 N–H and O–H groups in total. The van der Waals surface area contributed by atoms with Gasteiger partial charge in [0.1, 0.15) is 0 Å². The highest BCUT2D eigenvalue weighted by atomic mass is 32.2. The van der Waals surface area contributed by atoms with Crippen LogP contribution in [0.1, 0.15) is 52.4 Å². The van der Waals surface area contributed by atoms with Crippen LogP contribution in [0.15, 0.2) is 71.6 Å². The van der Waals surface area contributed by atoms with Crippen LogP contribution < -0.4 is 0 Å². The van der Waals surface area contributed by atoms with Crippen molar-refractivity contribution in [2.24, 2.45) is 0 Å². The highest BCUT2D eigenvalue weighted by Crippen LogP contribution is 2.41. The normalized spacial score (nSPS) is 18.8. The summed E-state index contributed by atoms with van der Waals surface area (Å²) in [4.78, 5) is 3.99. The van der Waals surface area contributed by atoms with Gasteiger partial charge in [0.15, 0.2) is 0 Å². The van der Waals surface area contributed by atoms with E-state index in [9.17, 15) is 8.42 Å². The summed E-state index contributed by atoms with van der Waals surface area (Å²) in [7, 11) is -3.67. The fourth-order valence-corrected chi connectivity index (χ4v) is 7.20. The van der Waals surface area contributed by atoms with Crippen molar-refractivity contribution in [1.82, 2.24) is 9.29 Å². The first-order valence-electron chi connectivity index (χ1n) is 11.8. The lowest BCUT2D eigenvalue weighted by Gasteiger charge is -2.35. The topological polar surface area (TPSA) is 53.2 Å². The first-order chi connectivity index (χ1) is 16.0. The summed E-state index contributed by atoms with van der Waals surface area (Å²) >= 11 is 0. The molecular formula is C28H28N2O2S. The maximum absolute atomic E-state index is 14.1. The molecule has 1 unspecified atom stereocenters. The van der Waals surface area contributed by atoms with E-state index in [1.165, 1.54) is 28.5 Å². The molecule has 2 aliphatic rings. The molecule has 4 aromatic rings. The van der Waals surface area contributed by atoms with Gasteiger partial charge in [-0.25, -0.2) is 8.42 Å². The number of rotatable bonds is 3. The summed E-state index contributed by atoms with van der Waals surface area (Å²) < 4.78 is 29.8. The van der Waals surface area contributed by atoms with Crippen molar-refractivity contribution in [3.63, 3.8) is 0 Å². The molecule has 1 aliphatic carbocycles. The Hall–Kier alpha value is -2.89. The van der Waals surface area contributed by atoms with Gasteiger partial charge in [0.2, 0.25) is 10.0 Å². The summed E-state index contributed by atoms with van der Waals surface area (Å²) in [5.74, 6) is 0. The first-order valence-corrected chi connectivity index (χ1v) is 13.3. The molecule has 5 heteroatoms. The Balaban J connectivity index is 1.51. The third-order valence-electron chi connectivity index (χ3n) is 7.31. The zero-order valence-electron chi connectivity index (χ0n) is 18.8. The Labute approximate surface area is 195 Å². The minimum Gasteiger partial charge on any atom is -0.357 e. The molecular weight excluding hydrogens is 428 g/mol. The van der Waals surface area contributed by atoms with Crippen molar-refractivity contribution in [3.8, 4) is 0 Å². The molecule has 0 amide bonds. The molecule has 3 aromatic carbocycles. The van der Waals surface area contributed by atoms with Gasteiger partial charge in [0.05, 0.1) is 10.9 Å². The van der Waals surface area contributed by atoms with Gasteiger partial charge in [-0.1, -0.05) is 54.1 Å². The molecule has 6 rings (SSSR count). The van der Waals surface area contributed by atoms with Crippen molar-refractivity contribution in [2.45, 2.75) is 50.0 Å². The number of fused-ring (bicyclic) bond motifs is 4. The van der Waals surface area contributed by atoms with E-state index in [2.05, 4.69) is 48.3 Å². The largest absolute Gasteiger partial charge is 0.357 e. The Kier molecular flexibility index (Phi) is 4.93. The molecule has 0 radical (unpaired) electrons. The highest BCUT2D eigenvalue weighted by molar-refractivity contribution is 7.89. The second kappa shape index (κ2) is 7.86. The van der Waals surface area contributed by atoms with Crippen molar-refractivity contribution >= 4 is 20.9 Å². The highest BCUT2D eigenvalue weighted by Gasteiger charge is 2.39. The average molecular weight is 457 g/mol. The Morgan fingerprint density at radius 3 is 2.45 bits per heavy atom. The Morgan fingerprint density at radius 2 is 1.64 bits per heavy atom. The molecule has 1 aromatic heterocycles. The van der Waals surface area contributed by atoms with Crippen LogP contribution in [-0.4, -0.2) is 24.3 Å². The molecule has 0 bridgehead atoms. The molecule has 0 spiro atoms. The average Bonchev–Trinajstić information content (AvgIpc) is 3.22. The minimum absolute atomic E-state index is 0.372. The van der Waals surface area contributed by atoms with E-state index in [4.69, 9.17) is 0 Å². The molecule has 2 heterocycles. The van der Waals surface area contributed by atoms with E-state index in [0.29, 0.717) is 17.9 Å². The van der Waals surface area contributed by atoms with Crippen LogP contribution in [0.4, 0.5) is 0 Å². The van der Waals surface area contributed by atoms with Gasteiger partial charge >= 0.3 is 0 Å². The summed E-state index contributed by atoms with van der Waals surface area (Å²) in [5, 5.41) is 1.19. The van der Waals surface area contributed by atoms with E-state index >= 15 is 0 Å². The van der Waals surface area contributed by atoms with E-state index in [0.717, 1.165) is 41.6 Å². The number of nitrogens with one attached hydrogen (secondary N) is 1. The van der Waals surface area contributed by atoms with E-state index < -0.39 is 10.0 Å². The quantitative estimate of drug-likeness (QED) is 0.430. The lowest BCUT2D eigenvalue weighted by Crippen LogP contribution is -2.40. The number of H-pyrrole nitrogens is 1. The van der Waals surface area contributed by atoms with Crippen LogP contribution in [0.25, 0.3) is 10.9 Å². The molecule has 1 aliphatic heterocycles. The van der Waals surface area contributed by atoms with Gasteiger partial charge in [-0.05, 0) is 79.5 Å². The second-order valence-corrected chi connectivity index (χ2v) is 11.3. The third kappa shape index (κ3) is 3.42.